The normalized spacial score (nSPS) is 20.1. The van der Waals surface area contributed by atoms with Crippen LogP contribution in [0.1, 0.15) is 41.3 Å². The van der Waals surface area contributed by atoms with Gasteiger partial charge in [0.2, 0.25) is 5.78 Å². The van der Waals surface area contributed by atoms with E-state index in [9.17, 15) is 14.7 Å². The first-order valence-corrected chi connectivity index (χ1v) is 10.3. The van der Waals surface area contributed by atoms with Gasteiger partial charge >= 0.3 is 5.97 Å². The van der Waals surface area contributed by atoms with Crippen LogP contribution in [-0.4, -0.2) is 41.5 Å². The number of nitrogens with zero attached hydrogens (tertiary/aromatic N) is 1. The zero-order valence-electron chi connectivity index (χ0n) is 17.0. The summed E-state index contributed by atoms with van der Waals surface area (Å²) in [4.78, 5) is 27.1. The van der Waals surface area contributed by atoms with E-state index < -0.39 is 0 Å². The largest absolute Gasteiger partial charge is 0.507 e. The van der Waals surface area contributed by atoms with Crippen molar-refractivity contribution in [3.05, 3.63) is 64.9 Å². The fourth-order valence-corrected chi connectivity index (χ4v) is 4.03. The molecule has 6 heteroatoms. The zero-order valence-corrected chi connectivity index (χ0v) is 17.0. The third-order valence-electron chi connectivity index (χ3n) is 5.52. The molecular weight excluding hydrogens is 382 g/mol. The maximum absolute atomic E-state index is 12.8. The highest BCUT2D eigenvalue weighted by atomic mass is 16.5. The first-order chi connectivity index (χ1) is 14.6. The SMILES string of the molecule is CCOC(=O)C1CCCN(Cc2c(O)ccc3c2O/C(=C\c2ccccc2)C3=O)C1. The van der Waals surface area contributed by atoms with Crippen LogP contribution in [0.4, 0.5) is 0 Å². The quantitative estimate of drug-likeness (QED) is 0.600. The molecule has 2 aromatic rings. The molecule has 30 heavy (non-hydrogen) atoms. The van der Waals surface area contributed by atoms with E-state index in [1.165, 1.54) is 6.07 Å². The monoisotopic (exact) mass is 407 g/mol. The number of ether oxygens (including phenoxy) is 2. The van der Waals surface area contributed by atoms with Gasteiger partial charge in [-0.05, 0) is 50.1 Å². The van der Waals surface area contributed by atoms with Gasteiger partial charge in [0.25, 0.3) is 0 Å². The van der Waals surface area contributed by atoms with Gasteiger partial charge in [-0.3, -0.25) is 14.5 Å². The highest BCUT2D eigenvalue weighted by Crippen LogP contribution is 2.40. The minimum absolute atomic E-state index is 0.0840. The summed E-state index contributed by atoms with van der Waals surface area (Å²) in [7, 11) is 0. The lowest BCUT2D eigenvalue weighted by molar-refractivity contribution is -0.150. The number of likely N-dealkylation sites (tertiary alicyclic amines) is 1. The number of hydrogen-bond acceptors (Lipinski definition) is 6. The van der Waals surface area contributed by atoms with Gasteiger partial charge in [-0.2, -0.15) is 0 Å². The predicted octanol–water partition coefficient (Wildman–Crippen LogP) is 3.78. The molecule has 156 valence electrons. The molecular formula is C24H25NO5. The van der Waals surface area contributed by atoms with Gasteiger partial charge < -0.3 is 14.6 Å². The number of benzene rings is 2. The second-order valence-electron chi connectivity index (χ2n) is 7.62. The highest BCUT2D eigenvalue weighted by Gasteiger charge is 2.33. The Kier molecular flexibility index (Phi) is 5.86. The van der Waals surface area contributed by atoms with Crippen molar-refractivity contribution < 1.29 is 24.2 Å². The van der Waals surface area contributed by atoms with Gasteiger partial charge in [0, 0.05) is 13.1 Å². The summed E-state index contributed by atoms with van der Waals surface area (Å²) < 4.78 is 11.1. The topological polar surface area (TPSA) is 76.1 Å². The van der Waals surface area contributed by atoms with Crippen molar-refractivity contribution in [3.63, 3.8) is 0 Å². The Morgan fingerprint density at radius 2 is 2.07 bits per heavy atom. The van der Waals surface area contributed by atoms with Gasteiger partial charge in [-0.1, -0.05) is 30.3 Å². The number of phenols is 1. The minimum Gasteiger partial charge on any atom is -0.507 e. The molecule has 2 aliphatic rings. The molecule has 0 amide bonds. The highest BCUT2D eigenvalue weighted by molar-refractivity contribution is 6.15. The van der Waals surface area contributed by atoms with E-state index in [1.807, 2.05) is 30.3 Å². The molecule has 0 aromatic heterocycles. The van der Waals surface area contributed by atoms with Gasteiger partial charge in [-0.25, -0.2) is 0 Å². The molecule has 2 aromatic carbocycles. The number of ketones is 1. The lowest BCUT2D eigenvalue weighted by Gasteiger charge is -2.31. The van der Waals surface area contributed by atoms with Crippen LogP contribution in [-0.2, 0) is 16.1 Å². The van der Waals surface area contributed by atoms with Gasteiger partial charge in [0.05, 0.1) is 23.7 Å². The molecule has 2 heterocycles. The van der Waals surface area contributed by atoms with Crippen molar-refractivity contribution >= 4 is 17.8 Å². The first-order valence-electron chi connectivity index (χ1n) is 10.3. The standard InChI is InChI=1S/C24H25NO5/c1-2-29-24(28)17-9-6-12-25(14-17)15-19-20(26)11-10-18-22(27)21(30-23(18)19)13-16-7-4-3-5-8-16/h3-5,7-8,10-11,13,17,26H,2,6,9,12,14-15H2,1H3/b21-13-. The maximum atomic E-state index is 12.8. The van der Waals surface area contributed by atoms with Crippen molar-refractivity contribution in [3.8, 4) is 11.5 Å². The molecule has 0 spiro atoms. The summed E-state index contributed by atoms with van der Waals surface area (Å²) in [5.74, 6) is 0.184. The Bertz CT molecular complexity index is 983. The Balaban J connectivity index is 1.56. The number of carbonyl (C=O) groups excluding carboxylic acids is 2. The Labute approximate surface area is 175 Å². The minimum atomic E-state index is -0.196. The molecule has 1 fully saturated rings. The van der Waals surface area contributed by atoms with Gasteiger partial charge in [0.1, 0.15) is 11.5 Å². The van der Waals surface area contributed by atoms with E-state index in [0.717, 1.165) is 24.9 Å². The van der Waals surface area contributed by atoms with Gasteiger partial charge in [-0.15, -0.1) is 0 Å². The number of aromatic hydroxyl groups is 1. The fraction of sp³-hybridized carbons (Fsp3) is 0.333. The average Bonchev–Trinajstić information content (AvgIpc) is 3.07. The van der Waals surface area contributed by atoms with Crippen molar-refractivity contribution in [1.29, 1.82) is 0 Å². The van der Waals surface area contributed by atoms with E-state index in [1.54, 1.807) is 19.1 Å². The number of carbonyl (C=O) groups is 2. The second kappa shape index (κ2) is 8.71. The van der Waals surface area contributed by atoms with Crippen molar-refractivity contribution in [1.82, 2.24) is 4.90 Å². The van der Waals surface area contributed by atoms with E-state index >= 15 is 0 Å². The molecule has 4 rings (SSSR count). The number of allylic oxidation sites excluding steroid dienone is 1. The van der Waals surface area contributed by atoms with Crippen LogP contribution in [0, 0.1) is 5.92 Å². The van der Waals surface area contributed by atoms with Crippen LogP contribution < -0.4 is 4.74 Å². The molecule has 0 aliphatic carbocycles. The first kappa shape index (κ1) is 20.2. The van der Waals surface area contributed by atoms with E-state index in [4.69, 9.17) is 9.47 Å². The molecule has 1 N–H and O–H groups in total. The summed E-state index contributed by atoms with van der Waals surface area (Å²) >= 11 is 0. The summed E-state index contributed by atoms with van der Waals surface area (Å²) in [6, 6.07) is 12.6. The third kappa shape index (κ3) is 4.09. The molecule has 1 atom stereocenters. The van der Waals surface area contributed by atoms with Crippen molar-refractivity contribution in [2.24, 2.45) is 5.92 Å². The molecule has 0 bridgehead atoms. The molecule has 1 saturated heterocycles. The van der Waals surface area contributed by atoms with Crippen LogP contribution in [0.15, 0.2) is 48.2 Å². The van der Waals surface area contributed by atoms with Crippen LogP contribution >= 0.6 is 0 Å². The Hall–Kier alpha value is -3.12. The molecule has 0 radical (unpaired) electrons. The summed E-state index contributed by atoms with van der Waals surface area (Å²) in [6.07, 6.45) is 3.38. The number of Topliss-reactive ketones (excluding diaryl/α,β-unsaturated/α-hetero) is 1. The van der Waals surface area contributed by atoms with E-state index in [0.29, 0.717) is 36.6 Å². The third-order valence-corrected chi connectivity index (χ3v) is 5.52. The maximum Gasteiger partial charge on any atom is 0.310 e. The zero-order chi connectivity index (χ0) is 21.1. The number of hydrogen-bond donors (Lipinski definition) is 1. The van der Waals surface area contributed by atoms with Crippen molar-refractivity contribution in [2.75, 3.05) is 19.7 Å². The summed E-state index contributed by atoms with van der Waals surface area (Å²) in [6.45, 7) is 3.94. The lowest BCUT2D eigenvalue weighted by atomic mass is 9.97. The van der Waals surface area contributed by atoms with E-state index in [2.05, 4.69) is 4.90 Å². The van der Waals surface area contributed by atoms with E-state index in [-0.39, 0.29) is 29.2 Å². The lowest BCUT2D eigenvalue weighted by Crippen LogP contribution is -2.39. The number of phenolic OH excluding ortho intramolecular Hbond substituents is 1. The molecule has 2 aliphatic heterocycles. The second-order valence-corrected chi connectivity index (χ2v) is 7.62. The molecule has 0 saturated carbocycles. The Morgan fingerprint density at radius 1 is 1.27 bits per heavy atom. The van der Waals surface area contributed by atoms with Crippen molar-refractivity contribution in [2.45, 2.75) is 26.3 Å². The van der Waals surface area contributed by atoms with Crippen LogP contribution in [0.5, 0.6) is 11.5 Å². The van der Waals surface area contributed by atoms with Gasteiger partial charge in [0.15, 0.2) is 5.76 Å². The number of esters is 1. The summed E-state index contributed by atoms with van der Waals surface area (Å²) in [5.41, 5.74) is 1.89. The molecule has 1 unspecified atom stereocenters. The van der Waals surface area contributed by atoms with Crippen LogP contribution in [0.2, 0.25) is 0 Å². The predicted molar refractivity (Wildman–Crippen MR) is 112 cm³/mol. The summed E-state index contributed by atoms with van der Waals surface area (Å²) in [5, 5.41) is 10.5. The Morgan fingerprint density at radius 3 is 2.83 bits per heavy atom. The number of rotatable bonds is 5. The molecule has 6 nitrogen and oxygen atoms in total. The number of fused-ring (bicyclic) bond motifs is 1. The van der Waals surface area contributed by atoms with Crippen LogP contribution in [0.25, 0.3) is 6.08 Å². The number of piperidine rings is 1. The fourth-order valence-electron chi connectivity index (χ4n) is 4.03. The average molecular weight is 407 g/mol. The van der Waals surface area contributed by atoms with Crippen LogP contribution in [0.3, 0.4) is 0 Å². The smallest absolute Gasteiger partial charge is 0.310 e.